The molecule has 0 radical (unpaired) electrons. The van der Waals surface area contributed by atoms with E-state index >= 15 is 0 Å². The highest BCUT2D eigenvalue weighted by atomic mass is 19.1. The van der Waals surface area contributed by atoms with Crippen LogP contribution in [0.4, 0.5) is 4.39 Å². The molecule has 1 aromatic heterocycles. The van der Waals surface area contributed by atoms with Crippen LogP contribution in [0.2, 0.25) is 0 Å². The first kappa shape index (κ1) is 20.1. The van der Waals surface area contributed by atoms with Gasteiger partial charge in [-0.15, -0.1) is 0 Å². The van der Waals surface area contributed by atoms with Crippen LogP contribution in [0.3, 0.4) is 0 Å². The van der Waals surface area contributed by atoms with Crippen LogP contribution in [-0.4, -0.2) is 40.8 Å². The van der Waals surface area contributed by atoms with Crippen molar-refractivity contribution < 1.29 is 13.9 Å². The molecular weight excluding hydrogens is 383 g/mol. The Morgan fingerprint density at radius 3 is 2.70 bits per heavy atom. The molecule has 7 heteroatoms. The molecule has 0 bridgehead atoms. The van der Waals surface area contributed by atoms with E-state index in [2.05, 4.69) is 4.90 Å². The van der Waals surface area contributed by atoms with E-state index in [1.165, 1.54) is 6.07 Å². The van der Waals surface area contributed by atoms with Crippen molar-refractivity contribution in [1.29, 1.82) is 0 Å². The van der Waals surface area contributed by atoms with Crippen LogP contribution in [0.5, 0.6) is 5.75 Å². The third-order valence-electron chi connectivity index (χ3n) is 5.55. The first-order chi connectivity index (χ1) is 14.5. The number of rotatable bonds is 6. The van der Waals surface area contributed by atoms with Crippen molar-refractivity contribution in [1.82, 2.24) is 14.7 Å². The number of methoxy groups -OCH3 is 1. The minimum Gasteiger partial charge on any atom is -0.497 e. The molecule has 3 aromatic rings. The number of nitrogens with zero attached hydrogens (tertiary/aromatic N) is 3. The number of primary amides is 1. The molecule has 4 rings (SSSR count). The Morgan fingerprint density at radius 2 is 2.00 bits per heavy atom. The van der Waals surface area contributed by atoms with Crippen molar-refractivity contribution in [3.63, 3.8) is 0 Å². The van der Waals surface area contributed by atoms with Crippen molar-refractivity contribution in [3.8, 4) is 22.7 Å². The number of halogens is 1. The number of likely N-dealkylation sites (tertiary alicyclic amines) is 1. The average molecular weight is 408 g/mol. The number of benzene rings is 2. The fraction of sp³-hybridized carbons (Fsp3) is 0.304. The fourth-order valence-corrected chi connectivity index (χ4v) is 3.95. The Morgan fingerprint density at radius 1 is 1.23 bits per heavy atom. The van der Waals surface area contributed by atoms with E-state index < -0.39 is 0 Å². The quantitative estimate of drug-likeness (QED) is 0.679. The second kappa shape index (κ2) is 8.67. The van der Waals surface area contributed by atoms with Crippen LogP contribution < -0.4 is 10.5 Å². The van der Waals surface area contributed by atoms with Gasteiger partial charge in [-0.2, -0.15) is 5.10 Å². The average Bonchev–Trinajstić information content (AvgIpc) is 3.17. The Hall–Kier alpha value is -3.19. The summed E-state index contributed by atoms with van der Waals surface area (Å²) in [4.78, 5) is 13.9. The van der Waals surface area contributed by atoms with E-state index in [9.17, 15) is 9.18 Å². The summed E-state index contributed by atoms with van der Waals surface area (Å²) in [6.07, 6.45) is 3.62. The van der Waals surface area contributed by atoms with Gasteiger partial charge in [-0.05, 0) is 55.8 Å². The van der Waals surface area contributed by atoms with E-state index in [1.807, 2.05) is 30.5 Å². The summed E-state index contributed by atoms with van der Waals surface area (Å²) in [5, 5.41) is 4.70. The highest BCUT2D eigenvalue weighted by molar-refractivity contribution is 5.77. The number of hydrogen-bond donors (Lipinski definition) is 1. The van der Waals surface area contributed by atoms with Crippen LogP contribution >= 0.6 is 0 Å². The summed E-state index contributed by atoms with van der Waals surface area (Å²) in [6.45, 7) is 2.12. The number of para-hydroxylation sites is 1. The molecule has 6 nitrogen and oxygen atoms in total. The number of carbonyl (C=O) groups excluding carboxylic acids is 1. The highest BCUT2D eigenvalue weighted by Crippen LogP contribution is 2.28. The number of aromatic nitrogens is 2. The Kier molecular flexibility index (Phi) is 5.81. The molecular formula is C23H25FN4O2. The third-order valence-corrected chi connectivity index (χ3v) is 5.55. The van der Waals surface area contributed by atoms with E-state index in [0.717, 1.165) is 42.0 Å². The summed E-state index contributed by atoms with van der Waals surface area (Å²) in [6, 6.07) is 14.2. The normalized spacial score (nSPS) is 17.1. The predicted molar refractivity (Wildman–Crippen MR) is 113 cm³/mol. The first-order valence-electron chi connectivity index (χ1n) is 10.0. The van der Waals surface area contributed by atoms with Gasteiger partial charge in [0.1, 0.15) is 17.3 Å². The number of ether oxygens (including phenoxy) is 1. The van der Waals surface area contributed by atoms with Gasteiger partial charge in [-0.25, -0.2) is 9.07 Å². The van der Waals surface area contributed by atoms with Crippen LogP contribution in [0.25, 0.3) is 16.9 Å². The fourth-order valence-electron chi connectivity index (χ4n) is 3.95. The summed E-state index contributed by atoms with van der Waals surface area (Å²) >= 11 is 0. The topological polar surface area (TPSA) is 73.4 Å². The smallest absolute Gasteiger partial charge is 0.221 e. The van der Waals surface area contributed by atoms with Gasteiger partial charge < -0.3 is 10.5 Å². The molecule has 1 fully saturated rings. The maximum absolute atomic E-state index is 14.4. The highest BCUT2D eigenvalue weighted by Gasteiger charge is 2.25. The second-order valence-corrected chi connectivity index (χ2v) is 7.60. The molecule has 1 aliphatic rings. The lowest BCUT2D eigenvalue weighted by atomic mass is 9.97. The molecule has 1 unspecified atom stereocenters. The van der Waals surface area contributed by atoms with Gasteiger partial charge in [0.2, 0.25) is 5.91 Å². The molecule has 2 N–H and O–H groups in total. The summed E-state index contributed by atoms with van der Waals surface area (Å²) in [7, 11) is 1.62. The lowest BCUT2D eigenvalue weighted by Gasteiger charge is -2.31. The van der Waals surface area contributed by atoms with Gasteiger partial charge in [0.25, 0.3) is 0 Å². The zero-order valence-corrected chi connectivity index (χ0v) is 16.9. The van der Waals surface area contributed by atoms with Crippen LogP contribution in [0, 0.1) is 11.7 Å². The SMILES string of the molecule is COc1ccc(-c2nn(-c3ccccc3F)cc2CN2CCCC(C(N)=O)C2)cc1. The summed E-state index contributed by atoms with van der Waals surface area (Å²) in [5.41, 5.74) is 8.59. The first-order valence-corrected chi connectivity index (χ1v) is 10.0. The van der Waals surface area contributed by atoms with Gasteiger partial charge in [-0.3, -0.25) is 9.69 Å². The molecule has 0 saturated carbocycles. The lowest BCUT2D eigenvalue weighted by molar-refractivity contribution is -0.123. The molecule has 1 saturated heterocycles. The van der Waals surface area contributed by atoms with Crippen molar-refractivity contribution in [2.75, 3.05) is 20.2 Å². The maximum atomic E-state index is 14.4. The van der Waals surface area contributed by atoms with Gasteiger partial charge in [0, 0.05) is 30.4 Å². The lowest BCUT2D eigenvalue weighted by Crippen LogP contribution is -2.40. The largest absolute Gasteiger partial charge is 0.497 e. The number of piperidine rings is 1. The van der Waals surface area contributed by atoms with Crippen molar-refractivity contribution in [3.05, 3.63) is 66.1 Å². The van der Waals surface area contributed by atoms with Crippen molar-refractivity contribution in [2.45, 2.75) is 19.4 Å². The van der Waals surface area contributed by atoms with E-state index in [4.69, 9.17) is 15.6 Å². The summed E-state index contributed by atoms with van der Waals surface area (Å²) in [5.74, 6) is 0.0377. The van der Waals surface area contributed by atoms with Crippen LogP contribution in [0.1, 0.15) is 18.4 Å². The van der Waals surface area contributed by atoms with E-state index in [1.54, 1.807) is 30.0 Å². The number of amides is 1. The number of nitrogens with two attached hydrogens (primary N) is 1. The number of hydrogen-bond acceptors (Lipinski definition) is 4. The minimum atomic E-state index is -0.334. The molecule has 1 atom stereocenters. The zero-order valence-electron chi connectivity index (χ0n) is 16.9. The van der Waals surface area contributed by atoms with Crippen molar-refractivity contribution in [2.24, 2.45) is 11.7 Å². The van der Waals surface area contributed by atoms with E-state index in [0.29, 0.717) is 18.8 Å². The monoisotopic (exact) mass is 408 g/mol. The molecule has 2 heterocycles. The Bertz CT molecular complexity index is 1030. The predicted octanol–water partition coefficient (Wildman–Crippen LogP) is 3.38. The minimum absolute atomic E-state index is 0.134. The van der Waals surface area contributed by atoms with Gasteiger partial charge >= 0.3 is 0 Å². The molecule has 1 amide bonds. The van der Waals surface area contributed by atoms with Gasteiger partial charge in [0.15, 0.2) is 0 Å². The molecule has 1 aliphatic heterocycles. The zero-order chi connectivity index (χ0) is 21.1. The molecule has 156 valence electrons. The van der Waals surface area contributed by atoms with Crippen LogP contribution in [0.15, 0.2) is 54.7 Å². The maximum Gasteiger partial charge on any atom is 0.221 e. The molecule has 30 heavy (non-hydrogen) atoms. The second-order valence-electron chi connectivity index (χ2n) is 7.60. The van der Waals surface area contributed by atoms with Crippen molar-refractivity contribution >= 4 is 5.91 Å². The summed E-state index contributed by atoms with van der Waals surface area (Å²) < 4.78 is 21.2. The standard InChI is InChI=1S/C23H25FN4O2/c1-30-19-10-8-16(9-11-19)22-18(14-27-12-4-5-17(13-27)23(25)29)15-28(26-22)21-7-3-2-6-20(21)24/h2-3,6-11,15,17H,4-5,12-14H2,1H3,(H2,25,29). The Labute approximate surface area is 175 Å². The molecule has 0 spiro atoms. The van der Waals surface area contributed by atoms with Crippen LogP contribution in [-0.2, 0) is 11.3 Å². The Balaban J connectivity index is 1.70. The van der Waals surface area contributed by atoms with Gasteiger partial charge in [-0.1, -0.05) is 12.1 Å². The van der Waals surface area contributed by atoms with Gasteiger partial charge in [0.05, 0.1) is 18.7 Å². The number of carbonyl (C=O) groups is 1. The molecule has 2 aromatic carbocycles. The third kappa shape index (κ3) is 4.21. The molecule has 0 aliphatic carbocycles. The van der Waals surface area contributed by atoms with E-state index in [-0.39, 0.29) is 17.6 Å².